The number of rotatable bonds is 6. The molecular weight excluding hydrogens is 228 g/mol. The lowest BCUT2D eigenvalue weighted by Crippen LogP contribution is -2.34. The third-order valence-corrected chi connectivity index (χ3v) is 3.30. The summed E-state index contributed by atoms with van der Waals surface area (Å²) in [4.78, 5) is 13.9. The molecule has 2 N–H and O–H groups in total. The van der Waals surface area contributed by atoms with Crippen molar-refractivity contribution in [3.63, 3.8) is 0 Å². The second-order valence-corrected chi connectivity index (χ2v) is 5.03. The summed E-state index contributed by atoms with van der Waals surface area (Å²) in [6, 6.07) is 1.87. The van der Waals surface area contributed by atoms with Crippen LogP contribution in [0.2, 0.25) is 0 Å². The number of nitrogens with two attached hydrogens (primary N) is 1. The van der Waals surface area contributed by atoms with Gasteiger partial charge in [0.25, 0.3) is 5.91 Å². The molecule has 1 heterocycles. The first kappa shape index (κ1) is 14.8. The van der Waals surface area contributed by atoms with Crippen LogP contribution in [0.1, 0.15) is 43.3 Å². The Balaban J connectivity index is 2.57. The Hall–Kier alpha value is -1.29. The van der Waals surface area contributed by atoms with E-state index in [9.17, 15) is 4.79 Å². The fraction of sp³-hybridized carbons (Fsp3) is 0.643. The molecule has 1 aromatic heterocycles. The molecular formula is C14H24N2O2. The molecule has 0 aromatic carbocycles. The van der Waals surface area contributed by atoms with Crippen LogP contribution in [-0.4, -0.2) is 30.4 Å². The number of aryl methyl sites for hydroxylation is 1. The Morgan fingerprint density at radius 3 is 2.72 bits per heavy atom. The van der Waals surface area contributed by atoms with Crippen molar-refractivity contribution in [3.05, 3.63) is 23.7 Å². The molecule has 0 saturated heterocycles. The summed E-state index contributed by atoms with van der Waals surface area (Å²) in [5.74, 6) is 1.20. The second-order valence-electron chi connectivity index (χ2n) is 5.03. The molecule has 4 heteroatoms. The third-order valence-electron chi connectivity index (χ3n) is 3.30. The molecule has 1 amide bonds. The maximum absolute atomic E-state index is 12.2. The third kappa shape index (κ3) is 3.60. The fourth-order valence-corrected chi connectivity index (χ4v) is 1.79. The van der Waals surface area contributed by atoms with Crippen LogP contribution in [0.25, 0.3) is 0 Å². The zero-order valence-electron chi connectivity index (χ0n) is 11.8. The highest BCUT2D eigenvalue weighted by molar-refractivity contribution is 5.95. The average Bonchev–Trinajstić information content (AvgIpc) is 2.82. The maximum Gasteiger partial charge on any atom is 0.257 e. The Bertz CT molecular complexity index is 385. The van der Waals surface area contributed by atoms with Gasteiger partial charge in [-0.3, -0.25) is 4.79 Å². The van der Waals surface area contributed by atoms with Crippen molar-refractivity contribution in [2.24, 2.45) is 11.7 Å². The Labute approximate surface area is 109 Å². The lowest BCUT2D eigenvalue weighted by Gasteiger charge is -2.21. The van der Waals surface area contributed by atoms with Crippen LogP contribution in [0.3, 0.4) is 0 Å². The topological polar surface area (TPSA) is 59.5 Å². The summed E-state index contributed by atoms with van der Waals surface area (Å²) >= 11 is 0. The van der Waals surface area contributed by atoms with Crippen LogP contribution in [0, 0.1) is 5.92 Å². The molecule has 1 aromatic rings. The largest absolute Gasteiger partial charge is 0.469 e. The number of hydrogen-bond donors (Lipinski definition) is 1. The number of carbonyl (C=O) groups is 1. The summed E-state index contributed by atoms with van der Waals surface area (Å²) in [6.07, 6.45) is 3.12. The lowest BCUT2D eigenvalue weighted by atomic mass is 10.0. The average molecular weight is 252 g/mol. The van der Waals surface area contributed by atoms with E-state index in [0.717, 1.165) is 18.6 Å². The van der Waals surface area contributed by atoms with Crippen molar-refractivity contribution >= 4 is 5.91 Å². The van der Waals surface area contributed by atoms with Crippen molar-refractivity contribution < 1.29 is 9.21 Å². The standard InChI is InChI=1S/C14H24N2O2/c1-5-13-11(7-9-18-13)14(17)16(4)8-6-12(15)10(2)3/h7,9-10,12H,5-6,8,15H2,1-4H3. The minimum absolute atomic E-state index is 0.0107. The monoisotopic (exact) mass is 252 g/mol. The molecule has 0 aliphatic rings. The predicted octanol–water partition coefficient (Wildman–Crippen LogP) is 2.29. The van der Waals surface area contributed by atoms with E-state index in [4.69, 9.17) is 10.2 Å². The van der Waals surface area contributed by atoms with E-state index >= 15 is 0 Å². The highest BCUT2D eigenvalue weighted by Gasteiger charge is 2.18. The van der Waals surface area contributed by atoms with Gasteiger partial charge in [-0.15, -0.1) is 0 Å². The molecule has 0 fully saturated rings. The Morgan fingerprint density at radius 1 is 1.50 bits per heavy atom. The van der Waals surface area contributed by atoms with Crippen molar-refractivity contribution in [2.75, 3.05) is 13.6 Å². The predicted molar refractivity (Wildman–Crippen MR) is 72.5 cm³/mol. The molecule has 0 aliphatic carbocycles. The van der Waals surface area contributed by atoms with Crippen LogP contribution < -0.4 is 5.73 Å². The normalized spacial score (nSPS) is 12.8. The van der Waals surface area contributed by atoms with E-state index in [1.807, 2.05) is 14.0 Å². The molecule has 1 unspecified atom stereocenters. The van der Waals surface area contributed by atoms with Crippen molar-refractivity contribution in [1.29, 1.82) is 0 Å². The zero-order chi connectivity index (χ0) is 13.7. The number of amides is 1. The van der Waals surface area contributed by atoms with Gasteiger partial charge in [-0.1, -0.05) is 20.8 Å². The Morgan fingerprint density at radius 2 is 2.17 bits per heavy atom. The van der Waals surface area contributed by atoms with Gasteiger partial charge in [0.15, 0.2) is 0 Å². The summed E-state index contributed by atoms with van der Waals surface area (Å²) in [5, 5.41) is 0. The van der Waals surface area contributed by atoms with Crippen LogP contribution in [0.15, 0.2) is 16.7 Å². The van der Waals surface area contributed by atoms with E-state index in [2.05, 4.69) is 13.8 Å². The highest BCUT2D eigenvalue weighted by Crippen LogP contribution is 2.14. The van der Waals surface area contributed by atoms with E-state index in [1.165, 1.54) is 0 Å². The van der Waals surface area contributed by atoms with Gasteiger partial charge >= 0.3 is 0 Å². The lowest BCUT2D eigenvalue weighted by molar-refractivity contribution is 0.0787. The number of furan rings is 1. The molecule has 1 atom stereocenters. The number of carbonyl (C=O) groups excluding carboxylic acids is 1. The van der Waals surface area contributed by atoms with Crippen LogP contribution in [-0.2, 0) is 6.42 Å². The first-order valence-electron chi connectivity index (χ1n) is 6.54. The van der Waals surface area contributed by atoms with Crippen molar-refractivity contribution in [3.8, 4) is 0 Å². The zero-order valence-corrected chi connectivity index (χ0v) is 11.8. The van der Waals surface area contributed by atoms with Gasteiger partial charge in [0.2, 0.25) is 0 Å². The summed E-state index contributed by atoms with van der Waals surface area (Å²) in [6.45, 7) is 6.84. The summed E-state index contributed by atoms with van der Waals surface area (Å²) in [7, 11) is 1.81. The van der Waals surface area contributed by atoms with Crippen LogP contribution >= 0.6 is 0 Å². The van der Waals surface area contributed by atoms with Gasteiger partial charge in [0.1, 0.15) is 5.76 Å². The SMILES string of the molecule is CCc1occc1C(=O)N(C)CCC(N)C(C)C. The van der Waals surface area contributed by atoms with Gasteiger partial charge in [-0.2, -0.15) is 0 Å². The van der Waals surface area contributed by atoms with Crippen molar-refractivity contribution in [2.45, 2.75) is 39.7 Å². The summed E-state index contributed by atoms with van der Waals surface area (Å²) in [5.41, 5.74) is 6.65. The first-order valence-corrected chi connectivity index (χ1v) is 6.54. The maximum atomic E-state index is 12.2. The molecule has 0 bridgehead atoms. The van der Waals surface area contributed by atoms with E-state index in [-0.39, 0.29) is 11.9 Å². The minimum atomic E-state index is 0.0107. The van der Waals surface area contributed by atoms with Crippen LogP contribution in [0.4, 0.5) is 0 Å². The molecule has 4 nitrogen and oxygen atoms in total. The molecule has 0 spiro atoms. The molecule has 0 radical (unpaired) electrons. The minimum Gasteiger partial charge on any atom is -0.469 e. The van der Waals surface area contributed by atoms with E-state index in [1.54, 1.807) is 17.2 Å². The second kappa shape index (κ2) is 6.59. The van der Waals surface area contributed by atoms with Crippen LogP contribution in [0.5, 0.6) is 0 Å². The summed E-state index contributed by atoms with van der Waals surface area (Å²) < 4.78 is 5.28. The number of nitrogens with zero attached hydrogens (tertiary/aromatic N) is 1. The highest BCUT2D eigenvalue weighted by atomic mass is 16.3. The van der Waals surface area contributed by atoms with E-state index < -0.39 is 0 Å². The molecule has 1 rings (SSSR count). The Kier molecular flexibility index (Phi) is 5.41. The first-order chi connectivity index (χ1) is 8.47. The van der Waals surface area contributed by atoms with Gasteiger partial charge in [0.05, 0.1) is 11.8 Å². The number of hydrogen-bond acceptors (Lipinski definition) is 3. The fourth-order valence-electron chi connectivity index (χ4n) is 1.79. The van der Waals surface area contributed by atoms with E-state index in [0.29, 0.717) is 18.0 Å². The van der Waals surface area contributed by atoms with Gasteiger partial charge in [0, 0.05) is 26.1 Å². The molecule has 102 valence electrons. The molecule has 0 aliphatic heterocycles. The van der Waals surface area contributed by atoms with Gasteiger partial charge in [-0.25, -0.2) is 0 Å². The molecule has 18 heavy (non-hydrogen) atoms. The molecule has 0 saturated carbocycles. The van der Waals surface area contributed by atoms with Gasteiger partial charge < -0.3 is 15.1 Å². The van der Waals surface area contributed by atoms with Gasteiger partial charge in [-0.05, 0) is 18.4 Å². The smallest absolute Gasteiger partial charge is 0.257 e. The van der Waals surface area contributed by atoms with Crippen molar-refractivity contribution in [1.82, 2.24) is 4.90 Å². The quantitative estimate of drug-likeness (QED) is 0.845.